The van der Waals surface area contributed by atoms with Gasteiger partial charge in [0.25, 0.3) is 12.2 Å². The summed E-state index contributed by atoms with van der Waals surface area (Å²) in [4.78, 5) is 16.4. The minimum Gasteiger partial charge on any atom is -0.455 e. The van der Waals surface area contributed by atoms with Crippen LogP contribution in [-0.2, 0) is 9.53 Å². The lowest BCUT2D eigenvalue weighted by Crippen LogP contribution is -2.48. The van der Waals surface area contributed by atoms with Gasteiger partial charge in [-0.05, 0) is 61.0 Å². The van der Waals surface area contributed by atoms with Gasteiger partial charge >= 0.3 is 0 Å². The molecule has 2 rings (SSSR count). The molecule has 0 saturated carbocycles. The number of amides is 1. The minimum atomic E-state index is -1.00. The number of benzene rings is 1. The maximum absolute atomic E-state index is 12.1. The normalized spacial score (nSPS) is 13.0. The van der Waals surface area contributed by atoms with Crippen molar-refractivity contribution in [2.45, 2.75) is 32.6 Å². The molecule has 0 radical (unpaired) electrons. The number of fused-ring (bicyclic) bond motifs is 1. The first kappa shape index (κ1) is 16.7. The van der Waals surface area contributed by atoms with E-state index in [1.54, 1.807) is 12.3 Å². The van der Waals surface area contributed by atoms with Gasteiger partial charge in [0.1, 0.15) is 5.75 Å². The van der Waals surface area contributed by atoms with Crippen molar-refractivity contribution in [1.29, 1.82) is 0 Å². The fourth-order valence-corrected chi connectivity index (χ4v) is 2.27. The molecule has 0 bridgehead atoms. The van der Waals surface area contributed by atoms with Gasteiger partial charge in [-0.3, -0.25) is 9.78 Å². The zero-order chi connectivity index (χ0) is 16.3. The molecule has 1 unspecified atom stereocenters. The largest absolute Gasteiger partial charge is 0.455 e. The Morgan fingerprint density at radius 1 is 1.32 bits per heavy atom. The fourth-order valence-electron chi connectivity index (χ4n) is 1.92. The number of rotatable bonds is 4. The molecule has 0 aliphatic heterocycles. The summed E-state index contributed by atoms with van der Waals surface area (Å²) < 4.78 is 11.7. The van der Waals surface area contributed by atoms with Crippen LogP contribution in [0.3, 0.4) is 0 Å². The summed E-state index contributed by atoms with van der Waals surface area (Å²) in [5.74, 6) is 0.228. The Labute approximate surface area is 138 Å². The molecule has 0 aliphatic carbocycles. The Hall–Kier alpha value is -1.66. The zero-order valence-electron chi connectivity index (χ0n) is 13.0. The predicted molar refractivity (Wildman–Crippen MR) is 88.8 cm³/mol. The summed E-state index contributed by atoms with van der Waals surface area (Å²) >= 11 is 3.39. The summed E-state index contributed by atoms with van der Waals surface area (Å²) in [7, 11) is 1.44. The van der Waals surface area contributed by atoms with E-state index in [4.69, 9.17) is 9.47 Å². The Balaban J connectivity index is 2.18. The topological polar surface area (TPSA) is 60.5 Å². The molecule has 1 amide bonds. The Kier molecular flexibility index (Phi) is 5.03. The molecule has 22 heavy (non-hydrogen) atoms. The van der Waals surface area contributed by atoms with Crippen LogP contribution in [-0.4, -0.2) is 29.8 Å². The predicted octanol–water partition coefficient (Wildman–Crippen LogP) is 3.26. The second kappa shape index (κ2) is 6.62. The molecule has 1 N–H and O–H groups in total. The molecule has 5 nitrogen and oxygen atoms in total. The van der Waals surface area contributed by atoms with Gasteiger partial charge in [-0.15, -0.1) is 0 Å². The highest BCUT2D eigenvalue weighted by molar-refractivity contribution is 9.10. The lowest BCUT2D eigenvalue weighted by Gasteiger charge is -2.24. The number of hydrogen-bond acceptors (Lipinski definition) is 4. The molecule has 6 heteroatoms. The first-order valence-electron chi connectivity index (χ1n) is 6.85. The van der Waals surface area contributed by atoms with E-state index < -0.39 is 6.29 Å². The van der Waals surface area contributed by atoms with Crippen LogP contribution >= 0.6 is 15.9 Å². The Morgan fingerprint density at radius 2 is 2.05 bits per heavy atom. The summed E-state index contributed by atoms with van der Waals surface area (Å²) in [6.07, 6.45) is 0.731. The Bertz CT molecular complexity index is 683. The van der Waals surface area contributed by atoms with Crippen molar-refractivity contribution in [2.24, 2.45) is 0 Å². The number of halogens is 1. The number of hydrogen-bond donors (Lipinski definition) is 1. The molecule has 118 valence electrons. The second-order valence-electron chi connectivity index (χ2n) is 5.93. The van der Waals surface area contributed by atoms with Crippen molar-refractivity contribution in [1.82, 2.24) is 10.3 Å². The molecule has 1 aromatic heterocycles. The van der Waals surface area contributed by atoms with Gasteiger partial charge in [0.05, 0.1) is 5.52 Å². The third-order valence-corrected chi connectivity index (χ3v) is 3.22. The highest BCUT2D eigenvalue weighted by Crippen LogP contribution is 2.23. The standard InChI is InChI=1S/C16H19BrN2O3/c1-16(2,3)19-14(20)15(21-4)22-12-5-6-13-10(8-12)7-11(17)9-18-13/h5-9,15H,1-4H3,(H,19,20). The molecular weight excluding hydrogens is 348 g/mol. The van der Waals surface area contributed by atoms with Crippen LogP contribution in [0.4, 0.5) is 0 Å². The molecule has 2 aromatic rings. The Morgan fingerprint density at radius 3 is 2.68 bits per heavy atom. The van der Waals surface area contributed by atoms with E-state index in [1.165, 1.54) is 7.11 Å². The minimum absolute atomic E-state index is 0.317. The number of carbonyl (C=O) groups is 1. The molecular formula is C16H19BrN2O3. The van der Waals surface area contributed by atoms with Crippen LogP contribution in [0.25, 0.3) is 10.9 Å². The molecule has 0 saturated heterocycles. The number of aromatic nitrogens is 1. The van der Waals surface area contributed by atoms with Crippen LogP contribution in [0.2, 0.25) is 0 Å². The number of carbonyl (C=O) groups excluding carboxylic acids is 1. The second-order valence-corrected chi connectivity index (χ2v) is 6.85. The van der Waals surface area contributed by atoms with Gasteiger partial charge in [-0.2, -0.15) is 0 Å². The van der Waals surface area contributed by atoms with E-state index in [2.05, 4.69) is 26.2 Å². The van der Waals surface area contributed by atoms with Crippen molar-refractivity contribution < 1.29 is 14.3 Å². The van der Waals surface area contributed by atoms with Crippen molar-refractivity contribution in [2.75, 3.05) is 7.11 Å². The zero-order valence-corrected chi connectivity index (χ0v) is 14.6. The average molecular weight is 367 g/mol. The third kappa shape index (κ3) is 4.42. The highest BCUT2D eigenvalue weighted by atomic mass is 79.9. The quantitative estimate of drug-likeness (QED) is 0.843. The van der Waals surface area contributed by atoms with E-state index in [9.17, 15) is 4.79 Å². The molecule has 1 heterocycles. The SMILES string of the molecule is COC(Oc1ccc2ncc(Br)cc2c1)C(=O)NC(C)(C)C. The molecule has 0 spiro atoms. The number of nitrogens with one attached hydrogen (secondary N) is 1. The third-order valence-electron chi connectivity index (χ3n) is 2.79. The van der Waals surface area contributed by atoms with Gasteiger partial charge in [0.2, 0.25) is 0 Å². The van der Waals surface area contributed by atoms with E-state index in [1.807, 2.05) is 39.0 Å². The smallest absolute Gasteiger partial charge is 0.290 e. The summed E-state index contributed by atoms with van der Waals surface area (Å²) in [5.41, 5.74) is 0.499. The van der Waals surface area contributed by atoms with E-state index in [0.29, 0.717) is 5.75 Å². The highest BCUT2D eigenvalue weighted by Gasteiger charge is 2.24. The molecule has 1 atom stereocenters. The summed E-state index contributed by atoms with van der Waals surface area (Å²) in [6.45, 7) is 5.70. The van der Waals surface area contributed by atoms with Crippen molar-refractivity contribution in [3.63, 3.8) is 0 Å². The monoisotopic (exact) mass is 366 g/mol. The van der Waals surface area contributed by atoms with E-state index in [-0.39, 0.29) is 11.4 Å². The molecule has 1 aromatic carbocycles. The van der Waals surface area contributed by atoms with Gasteiger partial charge in [-0.1, -0.05) is 0 Å². The number of nitrogens with zero attached hydrogens (tertiary/aromatic N) is 1. The summed E-state index contributed by atoms with van der Waals surface area (Å²) in [5, 5.41) is 3.74. The van der Waals surface area contributed by atoms with Crippen LogP contribution in [0.5, 0.6) is 5.75 Å². The van der Waals surface area contributed by atoms with E-state index >= 15 is 0 Å². The van der Waals surface area contributed by atoms with Gasteiger partial charge in [-0.25, -0.2) is 0 Å². The maximum atomic E-state index is 12.1. The van der Waals surface area contributed by atoms with Crippen molar-refractivity contribution in [3.8, 4) is 5.75 Å². The van der Waals surface area contributed by atoms with E-state index in [0.717, 1.165) is 15.4 Å². The number of pyridine rings is 1. The molecule has 0 fully saturated rings. The maximum Gasteiger partial charge on any atom is 0.290 e. The van der Waals surface area contributed by atoms with Gasteiger partial charge in [0, 0.05) is 28.7 Å². The van der Waals surface area contributed by atoms with Gasteiger partial charge in [0.15, 0.2) is 0 Å². The lowest BCUT2D eigenvalue weighted by molar-refractivity contribution is -0.149. The average Bonchev–Trinajstić information content (AvgIpc) is 2.42. The summed E-state index contributed by atoms with van der Waals surface area (Å²) in [6, 6.07) is 7.36. The lowest BCUT2D eigenvalue weighted by atomic mass is 10.1. The van der Waals surface area contributed by atoms with Crippen LogP contribution in [0.15, 0.2) is 34.9 Å². The van der Waals surface area contributed by atoms with Crippen LogP contribution in [0.1, 0.15) is 20.8 Å². The van der Waals surface area contributed by atoms with Gasteiger partial charge < -0.3 is 14.8 Å². The number of ether oxygens (including phenoxy) is 2. The van der Waals surface area contributed by atoms with Crippen molar-refractivity contribution in [3.05, 3.63) is 34.9 Å². The van der Waals surface area contributed by atoms with Crippen LogP contribution in [0, 0.1) is 0 Å². The number of methoxy groups -OCH3 is 1. The fraction of sp³-hybridized carbons (Fsp3) is 0.375. The first-order chi connectivity index (χ1) is 10.3. The first-order valence-corrected chi connectivity index (χ1v) is 7.64. The van der Waals surface area contributed by atoms with Crippen LogP contribution < -0.4 is 10.1 Å². The molecule has 0 aliphatic rings. The van der Waals surface area contributed by atoms with Crippen molar-refractivity contribution >= 4 is 32.7 Å².